The Bertz CT molecular complexity index is 7860. The van der Waals surface area contributed by atoms with E-state index in [4.69, 9.17) is 8.83 Å². The summed E-state index contributed by atoms with van der Waals surface area (Å²) in [5.74, 6) is 0. The number of para-hydroxylation sites is 4. The lowest BCUT2D eigenvalue weighted by molar-refractivity contribution is 0.669. The first-order chi connectivity index (χ1) is 61.9. The highest BCUT2D eigenvalue weighted by Gasteiger charge is 2.23. The molecule has 23 rings (SSSR count). The molecule has 0 aliphatic heterocycles. The normalized spacial score (nSPS) is 11.5. The number of benzene rings is 20. The molecule has 0 spiro atoms. The fourth-order valence-corrected chi connectivity index (χ4v) is 18.5. The number of rotatable bonds is 18. The summed E-state index contributed by atoms with van der Waals surface area (Å²) >= 11 is 0. The molecule has 125 heavy (non-hydrogen) atoms. The van der Waals surface area contributed by atoms with Crippen LogP contribution >= 0.6 is 0 Å². The van der Waals surface area contributed by atoms with E-state index in [2.05, 4.69) is 481 Å². The molecule has 0 N–H and O–H groups in total. The van der Waals surface area contributed by atoms with Crippen molar-refractivity contribution in [2.75, 3.05) is 9.80 Å². The van der Waals surface area contributed by atoms with E-state index in [1.807, 2.05) is 12.1 Å². The van der Waals surface area contributed by atoms with E-state index in [1.165, 1.54) is 49.6 Å². The third-order valence-corrected chi connectivity index (χ3v) is 24.8. The summed E-state index contributed by atoms with van der Waals surface area (Å²) in [7, 11) is 0. The van der Waals surface area contributed by atoms with Gasteiger partial charge in [-0.05, 0) is 287 Å². The predicted octanol–water partition coefficient (Wildman–Crippen LogP) is 33.9. The SMILES string of the molecule is c1ccc(-c2ccc(N(c3ccc(-c4cc(-c5ccccc5)cc(-c5ccccc5)c4)cc3)c3ccc(-c4cc(-c5ccc(-c6cc(-c7ccccc7)cc(-c7ccc(N(c8ccc(-c9ccc%10oc%11ccccc%11c%10c9)cc8)c8ccc(-c9ccc%10c%11ccccc%11n(-c%11ccccc%11)c%10c9)cc8)cc7)c6)cc5)cc5c4oc4ccccc45)cc3)cc2)cc1. The van der Waals surface area contributed by atoms with Crippen molar-refractivity contribution in [3.63, 3.8) is 0 Å². The second-order valence-corrected chi connectivity index (χ2v) is 32.3. The maximum Gasteiger partial charge on any atom is 0.143 e. The van der Waals surface area contributed by atoms with Crippen molar-refractivity contribution in [3.8, 4) is 128 Å². The van der Waals surface area contributed by atoms with Crippen molar-refractivity contribution in [3.05, 3.63) is 479 Å². The van der Waals surface area contributed by atoms with E-state index in [0.717, 1.165) is 178 Å². The number of hydrogen-bond donors (Lipinski definition) is 0. The molecule has 3 heterocycles. The standard InChI is InChI=1S/C120H79N3O2/c1-6-22-80(23-7-1)84-42-56-102(57-43-84)122(106-64-48-89(49-65-106)98-72-94(81-24-8-2-9-25-81)70-95(73-98)82-26-10-3-11-27-82)107-66-52-91(53-67-107)112-77-100(78-114-111-34-18-21-37-118(111)125-120(112)114)88-40-38-87(39-41-88)97-71-96(83-28-12-4-13-29-83)74-99(75-97)90-50-62-105(63-51-90)121(103-58-44-85(45-59-103)92-55-69-119-113(76-92)110-33-17-20-36-117(110)124-119)104-60-46-86(47-61-104)93-54-68-109-108-32-16-19-35-115(108)123(116(109)79-93)101-30-14-5-15-31-101/h1-79H. The van der Waals surface area contributed by atoms with Gasteiger partial charge in [0.1, 0.15) is 22.3 Å². The molecular weight excluding hydrogens is 1520 g/mol. The van der Waals surface area contributed by atoms with Crippen LogP contribution in [-0.4, -0.2) is 4.57 Å². The number of aromatic nitrogens is 1. The van der Waals surface area contributed by atoms with Crippen LogP contribution in [0.15, 0.2) is 488 Å². The smallest absolute Gasteiger partial charge is 0.143 e. The molecule has 20 aromatic carbocycles. The van der Waals surface area contributed by atoms with Gasteiger partial charge in [-0.15, -0.1) is 0 Å². The highest BCUT2D eigenvalue weighted by Crippen LogP contribution is 2.47. The molecule has 0 radical (unpaired) electrons. The average molecular weight is 1590 g/mol. The minimum atomic E-state index is 0.853. The lowest BCUT2D eigenvalue weighted by atomic mass is 9.91. The molecule has 0 atom stereocenters. The molecular formula is C120H79N3O2. The average Bonchev–Trinajstić information content (AvgIpc) is 1.63. The van der Waals surface area contributed by atoms with Crippen molar-refractivity contribution in [2.45, 2.75) is 0 Å². The largest absolute Gasteiger partial charge is 0.456 e. The van der Waals surface area contributed by atoms with Gasteiger partial charge >= 0.3 is 0 Å². The highest BCUT2D eigenvalue weighted by atomic mass is 16.3. The Labute approximate surface area is 725 Å². The molecule has 5 heteroatoms. The van der Waals surface area contributed by atoms with Crippen LogP contribution in [0, 0.1) is 0 Å². The summed E-state index contributed by atoms with van der Waals surface area (Å²) in [6.07, 6.45) is 0. The van der Waals surface area contributed by atoms with Crippen LogP contribution < -0.4 is 9.80 Å². The van der Waals surface area contributed by atoms with Crippen LogP contribution in [0.2, 0.25) is 0 Å². The number of furan rings is 2. The summed E-state index contributed by atoms with van der Waals surface area (Å²) in [6.45, 7) is 0. The molecule has 0 amide bonds. The lowest BCUT2D eigenvalue weighted by Crippen LogP contribution is -2.09. The zero-order chi connectivity index (χ0) is 82.7. The van der Waals surface area contributed by atoms with E-state index in [-0.39, 0.29) is 0 Å². The summed E-state index contributed by atoms with van der Waals surface area (Å²) in [6, 6.07) is 174. The van der Waals surface area contributed by atoms with Gasteiger partial charge in [-0.1, -0.05) is 309 Å². The molecule has 0 saturated carbocycles. The Morgan fingerprint density at radius 2 is 0.424 bits per heavy atom. The quantitative estimate of drug-likeness (QED) is 0.0858. The van der Waals surface area contributed by atoms with Crippen LogP contribution in [0.1, 0.15) is 0 Å². The topological polar surface area (TPSA) is 37.7 Å². The van der Waals surface area contributed by atoms with Gasteiger partial charge in [-0.3, -0.25) is 0 Å². The van der Waals surface area contributed by atoms with Gasteiger partial charge in [0.15, 0.2) is 0 Å². The second kappa shape index (κ2) is 31.5. The summed E-state index contributed by atoms with van der Waals surface area (Å²) in [5.41, 5.74) is 38.2. The molecule has 0 aliphatic rings. The first-order valence-electron chi connectivity index (χ1n) is 42.7. The van der Waals surface area contributed by atoms with Gasteiger partial charge in [-0.2, -0.15) is 0 Å². The van der Waals surface area contributed by atoms with Crippen molar-refractivity contribution < 1.29 is 8.83 Å². The van der Waals surface area contributed by atoms with Crippen molar-refractivity contribution in [2.24, 2.45) is 0 Å². The van der Waals surface area contributed by atoms with E-state index in [0.29, 0.717) is 0 Å². The molecule has 0 fully saturated rings. The van der Waals surface area contributed by atoms with Crippen molar-refractivity contribution in [1.29, 1.82) is 0 Å². The molecule has 23 aromatic rings. The van der Waals surface area contributed by atoms with Gasteiger partial charge in [0, 0.05) is 77.7 Å². The van der Waals surface area contributed by atoms with E-state index >= 15 is 0 Å². The molecule has 5 nitrogen and oxygen atoms in total. The Morgan fingerprint density at radius 1 is 0.152 bits per heavy atom. The zero-order valence-corrected chi connectivity index (χ0v) is 68.3. The molecule has 0 saturated heterocycles. The number of anilines is 6. The monoisotopic (exact) mass is 1590 g/mol. The van der Waals surface area contributed by atoms with Crippen LogP contribution in [0.3, 0.4) is 0 Å². The van der Waals surface area contributed by atoms with Crippen molar-refractivity contribution in [1.82, 2.24) is 4.57 Å². The van der Waals surface area contributed by atoms with E-state index < -0.39 is 0 Å². The van der Waals surface area contributed by atoms with Crippen LogP contribution in [-0.2, 0) is 0 Å². The Morgan fingerprint density at radius 3 is 0.856 bits per heavy atom. The Kier molecular flexibility index (Phi) is 18.5. The maximum atomic E-state index is 6.90. The van der Waals surface area contributed by atoms with E-state index in [1.54, 1.807) is 0 Å². The van der Waals surface area contributed by atoms with Gasteiger partial charge in [-0.25, -0.2) is 0 Å². The maximum absolute atomic E-state index is 6.90. The summed E-state index contributed by atoms with van der Waals surface area (Å²) in [5, 5.41) is 6.84. The molecule has 0 aliphatic carbocycles. The van der Waals surface area contributed by atoms with Crippen LogP contribution in [0.4, 0.5) is 34.1 Å². The third kappa shape index (κ3) is 14.0. The number of hydrogen-bond acceptors (Lipinski definition) is 4. The molecule has 3 aromatic heterocycles. The lowest BCUT2D eigenvalue weighted by Gasteiger charge is -2.26. The minimum Gasteiger partial charge on any atom is -0.456 e. The van der Waals surface area contributed by atoms with Gasteiger partial charge in [0.25, 0.3) is 0 Å². The molecule has 586 valence electrons. The van der Waals surface area contributed by atoms with Crippen LogP contribution in [0.25, 0.3) is 194 Å². The van der Waals surface area contributed by atoms with Crippen LogP contribution in [0.5, 0.6) is 0 Å². The molecule has 0 unspecified atom stereocenters. The fraction of sp³-hybridized carbons (Fsp3) is 0. The number of fused-ring (bicyclic) bond motifs is 9. The first kappa shape index (κ1) is 73.5. The Hall–Kier alpha value is -16.6. The Balaban J connectivity index is 0.576. The van der Waals surface area contributed by atoms with E-state index in [9.17, 15) is 0 Å². The fourth-order valence-electron chi connectivity index (χ4n) is 18.5. The second-order valence-electron chi connectivity index (χ2n) is 32.3. The van der Waals surface area contributed by atoms with Gasteiger partial charge in [0.2, 0.25) is 0 Å². The number of nitrogens with zero attached hydrogens (tertiary/aromatic N) is 3. The highest BCUT2D eigenvalue weighted by molar-refractivity contribution is 6.13. The predicted molar refractivity (Wildman–Crippen MR) is 524 cm³/mol. The minimum absolute atomic E-state index is 0.853. The van der Waals surface area contributed by atoms with Gasteiger partial charge in [0.05, 0.1) is 11.0 Å². The molecule has 0 bridgehead atoms. The summed E-state index contributed by atoms with van der Waals surface area (Å²) in [4.78, 5) is 4.73. The zero-order valence-electron chi connectivity index (χ0n) is 68.3. The first-order valence-corrected chi connectivity index (χ1v) is 42.7. The van der Waals surface area contributed by atoms with Crippen molar-refractivity contribution >= 4 is 99.8 Å². The summed E-state index contributed by atoms with van der Waals surface area (Å²) < 4.78 is 15.6. The third-order valence-electron chi connectivity index (χ3n) is 24.8. The van der Waals surface area contributed by atoms with Gasteiger partial charge < -0.3 is 23.2 Å².